The van der Waals surface area contributed by atoms with E-state index in [1.165, 1.54) is 0 Å². The Bertz CT molecular complexity index is 1170. The van der Waals surface area contributed by atoms with E-state index in [2.05, 4.69) is 15.3 Å². The van der Waals surface area contributed by atoms with Crippen LogP contribution in [0.3, 0.4) is 0 Å². The van der Waals surface area contributed by atoms with Crippen molar-refractivity contribution in [2.24, 2.45) is 5.10 Å². The largest absolute Gasteiger partial charge is 0.489 e. The summed E-state index contributed by atoms with van der Waals surface area (Å²) in [6.07, 6.45) is 1.73. The number of nitrogens with zero attached hydrogens (tertiary/aromatic N) is 3. The molecule has 0 aliphatic carbocycles. The predicted molar refractivity (Wildman–Crippen MR) is 118 cm³/mol. The van der Waals surface area contributed by atoms with Gasteiger partial charge in [-0.15, -0.1) is 0 Å². The van der Waals surface area contributed by atoms with Crippen LogP contribution in [-0.2, 0) is 6.61 Å². The lowest BCUT2D eigenvalue weighted by molar-refractivity contribution is 0.306. The third kappa shape index (κ3) is 4.80. The minimum atomic E-state index is 0.411. The molecule has 1 aromatic heterocycles. The van der Waals surface area contributed by atoms with E-state index in [-0.39, 0.29) is 0 Å². The summed E-state index contributed by atoms with van der Waals surface area (Å²) in [4.78, 5) is 0. The van der Waals surface area contributed by atoms with Crippen molar-refractivity contribution in [3.63, 3.8) is 0 Å². The highest BCUT2D eigenvalue weighted by molar-refractivity contribution is 7.71. The SMILES string of the molecule is S=c1[nH]nc(-c2ccc(Cl)cc2)n1/N=C/c1ccc(OCc2ccccc2)cc1. The minimum Gasteiger partial charge on any atom is -0.489 e. The molecule has 4 rings (SSSR count). The Balaban J connectivity index is 1.48. The van der Waals surface area contributed by atoms with Crippen molar-refractivity contribution in [1.29, 1.82) is 0 Å². The first-order valence-electron chi connectivity index (χ1n) is 8.93. The van der Waals surface area contributed by atoms with Crippen LogP contribution in [0.2, 0.25) is 5.02 Å². The Morgan fingerprint density at radius 1 is 1.00 bits per heavy atom. The summed E-state index contributed by atoms with van der Waals surface area (Å²) >= 11 is 11.3. The molecule has 0 aliphatic rings. The van der Waals surface area contributed by atoms with E-state index in [1.807, 2.05) is 66.7 Å². The van der Waals surface area contributed by atoms with Gasteiger partial charge in [0.25, 0.3) is 0 Å². The van der Waals surface area contributed by atoms with E-state index in [0.717, 1.165) is 22.4 Å². The molecule has 4 aromatic rings. The average molecular weight is 421 g/mol. The van der Waals surface area contributed by atoms with Crippen LogP contribution in [0, 0.1) is 4.77 Å². The van der Waals surface area contributed by atoms with Crippen molar-refractivity contribution < 1.29 is 4.74 Å². The van der Waals surface area contributed by atoms with Gasteiger partial charge in [0, 0.05) is 10.6 Å². The number of ether oxygens (including phenoxy) is 1. The molecular formula is C22H17ClN4OS. The van der Waals surface area contributed by atoms with Gasteiger partial charge in [-0.2, -0.15) is 14.9 Å². The normalized spacial score (nSPS) is 11.1. The van der Waals surface area contributed by atoms with Gasteiger partial charge in [0.05, 0.1) is 6.21 Å². The van der Waals surface area contributed by atoms with E-state index in [9.17, 15) is 0 Å². The quantitative estimate of drug-likeness (QED) is 0.320. The lowest BCUT2D eigenvalue weighted by Crippen LogP contribution is -1.96. The molecule has 0 spiro atoms. The molecule has 5 nitrogen and oxygen atoms in total. The molecule has 0 amide bonds. The molecule has 29 heavy (non-hydrogen) atoms. The number of halogens is 1. The fourth-order valence-electron chi connectivity index (χ4n) is 2.70. The topological polar surface area (TPSA) is 55.2 Å². The van der Waals surface area contributed by atoms with Gasteiger partial charge in [-0.1, -0.05) is 41.9 Å². The summed E-state index contributed by atoms with van der Waals surface area (Å²) in [5.74, 6) is 1.42. The molecule has 0 bridgehead atoms. The van der Waals surface area contributed by atoms with Gasteiger partial charge in [0.2, 0.25) is 4.77 Å². The molecule has 1 N–H and O–H groups in total. The third-order valence-electron chi connectivity index (χ3n) is 4.20. The van der Waals surface area contributed by atoms with Crippen molar-refractivity contribution >= 4 is 30.0 Å². The molecule has 144 valence electrons. The second-order valence-corrected chi connectivity index (χ2v) is 7.08. The van der Waals surface area contributed by atoms with Crippen LogP contribution < -0.4 is 4.74 Å². The fraction of sp³-hybridized carbons (Fsp3) is 0.0455. The number of hydrogen-bond donors (Lipinski definition) is 1. The molecular weight excluding hydrogens is 404 g/mol. The highest BCUT2D eigenvalue weighted by Gasteiger charge is 2.07. The number of rotatable bonds is 6. The Morgan fingerprint density at radius 2 is 1.72 bits per heavy atom. The Morgan fingerprint density at radius 3 is 2.45 bits per heavy atom. The van der Waals surface area contributed by atoms with Gasteiger partial charge < -0.3 is 4.74 Å². The van der Waals surface area contributed by atoms with Gasteiger partial charge in [0.1, 0.15) is 12.4 Å². The lowest BCUT2D eigenvalue weighted by Gasteiger charge is -2.06. The summed E-state index contributed by atoms with van der Waals surface area (Å²) in [6, 6.07) is 25.1. The molecule has 0 radical (unpaired) electrons. The van der Waals surface area contributed by atoms with Gasteiger partial charge in [-0.3, -0.25) is 0 Å². The standard InChI is InChI=1S/C22H17ClN4OS/c23-19-10-8-18(9-11-19)21-25-26-22(29)27(21)24-14-16-6-12-20(13-7-16)28-15-17-4-2-1-3-5-17/h1-14H,15H2,(H,26,29)/b24-14+. The summed E-state index contributed by atoms with van der Waals surface area (Å²) < 4.78 is 7.80. The zero-order valence-corrected chi connectivity index (χ0v) is 16.9. The Kier molecular flexibility index (Phi) is 5.84. The number of benzene rings is 3. The smallest absolute Gasteiger partial charge is 0.216 e. The summed E-state index contributed by atoms with van der Waals surface area (Å²) in [6.45, 7) is 0.531. The fourth-order valence-corrected chi connectivity index (χ4v) is 3.01. The van der Waals surface area contributed by atoms with Gasteiger partial charge in [-0.05, 0) is 71.9 Å². The highest BCUT2D eigenvalue weighted by Crippen LogP contribution is 2.20. The van der Waals surface area contributed by atoms with E-state index in [4.69, 9.17) is 28.6 Å². The van der Waals surface area contributed by atoms with Gasteiger partial charge in [-0.25, -0.2) is 5.10 Å². The van der Waals surface area contributed by atoms with E-state index in [1.54, 1.807) is 23.0 Å². The van der Waals surface area contributed by atoms with Gasteiger partial charge >= 0.3 is 0 Å². The van der Waals surface area contributed by atoms with Crippen LogP contribution in [0.25, 0.3) is 11.4 Å². The number of H-pyrrole nitrogens is 1. The van der Waals surface area contributed by atoms with Crippen molar-refractivity contribution in [3.8, 4) is 17.1 Å². The summed E-state index contributed by atoms with van der Waals surface area (Å²) in [5.41, 5.74) is 2.91. The monoisotopic (exact) mass is 420 g/mol. The van der Waals surface area contributed by atoms with Crippen LogP contribution in [0.4, 0.5) is 0 Å². The molecule has 0 unspecified atom stereocenters. The summed E-state index contributed by atoms with van der Waals surface area (Å²) in [7, 11) is 0. The second kappa shape index (κ2) is 8.86. The first-order chi connectivity index (χ1) is 14.2. The van der Waals surface area contributed by atoms with E-state index >= 15 is 0 Å². The maximum atomic E-state index is 5.96. The first kappa shape index (κ1) is 19.1. The molecule has 0 saturated heterocycles. The van der Waals surface area contributed by atoms with Crippen LogP contribution in [-0.4, -0.2) is 21.1 Å². The molecule has 7 heteroatoms. The van der Waals surface area contributed by atoms with Crippen molar-refractivity contribution in [2.75, 3.05) is 0 Å². The molecule has 3 aromatic carbocycles. The molecule has 0 aliphatic heterocycles. The van der Waals surface area contributed by atoms with Gasteiger partial charge in [0.15, 0.2) is 5.82 Å². The zero-order chi connectivity index (χ0) is 20.1. The molecule has 0 atom stereocenters. The van der Waals surface area contributed by atoms with Crippen molar-refractivity contribution in [1.82, 2.24) is 14.9 Å². The number of aromatic amines is 1. The molecule has 0 saturated carbocycles. The highest BCUT2D eigenvalue weighted by atomic mass is 35.5. The van der Waals surface area contributed by atoms with E-state index in [0.29, 0.717) is 22.2 Å². The van der Waals surface area contributed by atoms with Crippen LogP contribution in [0.1, 0.15) is 11.1 Å². The second-order valence-electron chi connectivity index (χ2n) is 6.26. The van der Waals surface area contributed by atoms with Crippen molar-refractivity contribution in [3.05, 3.63) is 99.8 Å². The Labute approximate surface area is 178 Å². The van der Waals surface area contributed by atoms with Crippen LogP contribution in [0.15, 0.2) is 84.0 Å². The minimum absolute atomic E-state index is 0.411. The third-order valence-corrected chi connectivity index (χ3v) is 4.72. The first-order valence-corrected chi connectivity index (χ1v) is 9.72. The number of hydrogen-bond acceptors (Lipinski definition) is 4. The zero-order valence-electron chi connectivity index (χ0n) is 15.3. The van der Waals surface area contributed by atoms with Crippen molar-refractivity contribution in [2.45, 2.75) is 6.61 Å². The Hall–Kier alpha value is -3.22. The molecule has 1 heterocycles. The predicted octanol–water partition coefficient (Wildman–Crippen LogP) is 5.72. The number of aromatic nitrogens is 3. The summed E-state index contributed by atoms with van der Waals surface area (Å²) in [5, 5.41) is 12.2. The maximum Gasteiger partial charge on any atom is 0.216 e. The average Bonchev–Trinajstić information content (AvgIpc) is 3.13. The van der Waals surface area contributed by atoms with Crippen LogP contribution >= 0.6 is 23.8 Å². The molecule has 0 fully saturated rings. The lowest BCUT2D eigenvalue weighted by atomic mass is 10.2. The maximum absolute atomic E-state index is 5.96. The van der Waals surface area contributed by atoms with E-state index < -0.39 is 0 Å². The number of nitrogens with one attached hydrogen (secondary N) is 1. The van der Waals surface area contributed by atoms with Crippen LogP contribution in [0.5, 0.6) is 5.75 Å².